The van der Waals surface area contributed by atoms with Gasteiger partial charge in [-0.1, -0.05) is 26.0 Å². The van der Waals surface area contributed by atoms with Crippen molar-refractivity contribution in [3.8, 4) is 0 Å². The number of benzene rings is 1. The lowest BCUT2D eigenvalue weighted by molar-refractivity contribution is 0.597. The minimum atomic E-state index is -3.65. The zero-order chi connectivity index (χ0) is 18.3. The maximum absolute atomic E-state index is 11.2. The van der Waals surface area contributed by atoms with Gasteiger partial charge < -0.3 is 10.6 Å². The Balaban J connectivity index is 1.83. The average molecular weight is 364 g/mol. The number of rotatable bonds is 9. The van der Waals surface area contributed by atoms with Crippen LogP contribution >= 0.6 is 0 Å². The Hall–Kier alpha value is -2.26. The fourth-order valence-corrected chi connectivity index (χ4v) is 2.63. The molecule has 136 valence electrons. The van der Waals surface area contributed by atoms with E-state index in [9.17, 15) is 8.42 Å². The summed E-state index contributed by atoms with van der Waals surface area (Å²) in [5.41, 5.74) is 0.985. The monoisotopic (exact) mass is 364 g/mol. The maximum atomic E-state index is 11.2. The van der Waals surface area contributed by atoms with Crippen LogP contribution in [0.1, 0.15) is 25.8 Å². The molecule has 0 amide bonds. The molecule has 2 rings (SSSR count). The Morgan fingerprint density at radius 1 is 1.12 bits per heavy atom. The van der Waals surface area contributed by atoms with Gasteiger partial charge in [-0.3, -0.25) is 0 Å². The molecule has 0 saturated heterocycles. The molecule has 0 bridgehead atoms. The fourth-order valence-electron chi connectivity index (χ4n) is 2.12. The molecule has 1 heterocycles. The molecule has 8 nitrogen and oxygen atoms in total. The van der Waals surface area contributed by atoms with E-state index in [0.29, 0.717) is 30.6 Å². The lowest BCUT2D eigenvalue weighted by atomic mass is 10.1. The van der Waals surface area contributed by atoms with Gasteiger partial charge in [-0.25, -0.2) is 13.6 Å². The lowest BCUT2D eigenvalue weighted by Gasteiger charge is -2.09. The first-order valence-corrected chi connectivity index (χ1v) is 9.68. The van der Waals surface area contributed by atoms with Crippen molar-refractivity contribution in [3.05, 3.63) is 36.0 Å². The molecule has 25 heavy (non-hydrogen) atoms. The number of nitrogens with one attached hydrogen (secondary N) is 2. The number of nitrogens with zero attached hydrogens (tertiary/aromatic N) is 3. The van der Waals surface area contributed by atoms with Crippen molar-refractivity contribution in [2.24, 2.45) is 11.1 Å². The molecule has 0 spiro atoms. The van der Waals surface area contributed by atoms with Crippen LogP contribution in [0.5, 0.6) is 0 Å². The first-order valence-electron chi connectivity index (χ1n) is 8.14. The molecule has 4 N–H and O–H groups in total. The fraction of sp³-hybridized carbons (Fsp3) is 0.438. The van der Waals surface area contributed by atoms with Crippen molar-refractivity contribution in [1.29, 1.82) is 0 Å². The zero-order valence-corrected chi connectivity index (χ0v) is 15.3. The van der Waals surface area contributed by atoms with E-state index < -0.39 is 10.0 Å². The molecule has 9 heteroatoms. The minimum Gasteiger partial charge on any atom is -0.369 e. The highest BCUT2D eigenvalue weighted by Gasteiger charge is 2.07. The van der Waals surface area contributed by atoms with Crippen LogP contribution in [-0.4, -0.2) is 36.7 Å². The molecule has 2 aromatic rings. The van der Waals surface area contributed by atoms with Gasteiger partial charge in [0.2, 0.25) is 16.0 Å². The number of nitrogens with two attached hydrogens (primary N) is 1. The van der Waals surface area contributed by atoms with Crippen LogP contribution in [0.15, 0.2) is 35.4 Å². The quantitative estimate of drug-likeness (QED) is 0.618. The summed E-state index contributed by atoms with van der Waals surface area (Å²) < 4.78 is 22.4. The second kappa shape index (κ2) is 8.72. The SMILES string of the molecule is CC(C)CCNc1cnnc(NCCc2ccc(S(N)(=O)=O)cc2)n1. The van der Waals surface area contributed by atoms with Gasteiger partial charge in [0.1, 0.15) is 5.82 Å². The summed E-state index contributed by atoms with van der Waals surface area (Å²) in [7, 11) is -3.65. The van der Waals surface area contributed by atoms with E-state index in [0.717, 1.165) is 18.5 Å². The predicted molar refractivity (Wildman–Crippen MR) is 97.8 cm³/mol. The summed E-state index contributed by atoms with van der Waals surface area (Å²) in [5, 5.41) is 19.3. The first-order chi connectivity index (χ1) is 11.8. The van der Waals surface area contributed by atoms with Crippen molar-refractivity contribution >= 4 is 21.8 Å². The van der Waals surface area contributed by atoms with E-state index in [1.807, 2.05) is 0 Å². The standard InChI is InChI=1S/C16H24N6O2S/c1-12(2)7-9-18-15-11-20-22-16(21-15)19-10-8-13-3-5-14(6-4-13)25(17,23)24/h3-6,11-12H,7-10H2,1-2H3,(H2,17,23,24)(H2,18,19,21,22). The van der Waals surface area contributed by atoms with Crippen LogP contribution in [-0.2, 0) is 16.4 Å². The molecule has 0 aliphatic rings. The van der Waals surface area contributed by atoms with E-state index in [4.69, 9.17) is 5.14 Å². The van der Waals surface area contributed by atoms with Crippen LogP contribution in [0.2, 0.25) is 0 Å². The van der Waals surface area contributed by atoms with Crippen LogP contribution in [0.3, 0.4) is 0 Å². The van der Waals surface area contributed by atoms with E-state index in [1.165, 1.54) is 12.1 Å². The maximum Gasteiger partial charge on any atom is 0.244 e. The molecule has 0 atom stereocenters. The molecule has 1 aromatic carbocycles. The molecule has 0 fully saturated rings. The highest BCUT2D eigenvalue weighted by molar-refractivity contribution is 7.89. The van der Waals surface area contributed by atoms with E-state index in [-0.39, 0.29) is 4.90 Å². The molecule has 0 unspecified atom stereocenters. The number of anilines is 2. The largest absolute Gasteiger partial charge is 0.369 e. The Morgan fingerprint density at radius 3 is 2.48 bits per heavy atom. The van der Waals surface area contributed by atoms with Crippen molar-refractivity contribution in [3.63, 3.8) is 0 Å². The van der Waals surface area contributed by atoms with Gasteiger partial charge in [0.15, 0.2) is 0 Å². The van der Waals surface area contributed by atoms with Crippen molar-refractivity contribution in [1.82, 2.24) is 15.2 Å². The summed E-state index contributed by atoms with van der Waals surface area (Å²) in [4.78, 5) is 4.46. The summed E-state index contributed by atoms with van der Waals surface area (Å²) in [6.07, 6.45) is 3.35. The third-order valence-corrected chi connectivity index (χ3v) is 4.46. The second-order valence-electron chi connectivity index (χ2n) is 6.14. The van der Waals surface area contributed by atoms with Gasteiger partial charge in [-0.2, -0.15) is 10.1 Å². The van der Waals surface area contributed by atoms with Crippen molar-refractivity contribution < 1.29 is 8.42 Å². The lowest BCUT2D eigenvalue weighted by Crippen LogP contribution is -2.13. The minimum absolute atomic E-state index is 0.108. The van der Waals surface area contributed by atoms with Gasteiger partial charge in [-0.05, 0) is 36.5 Å². The van der Waals surface area contributed by atoms with Crippen LogP contribution in [0.4, 0.5) is 11.8 Å². The molecular formula is C16H24N6O2S. The van der Waals surface area contributed by atoms with Crippen LogP contribution in [0, 0.1) is 5.92 Å². The molecule has 0 saturated carbocycles. The van der Waals surface area contributed by atoms with Gasteiger partial charge in [0, 0.05) is 13.1 Å². The number of aromatic nitrogens is 3. The number of sulfonamides is 1. The normalized spacial score (nSPS) is 11.5. The van der Waals surface area contributed by atoms with Crippen molar-refractivity contribution in [2.75, 3.05) is 23.7 Å². The highest BCUT2D eigenvalue weighted by atomic mass is 32.2. The average Bonchev–Trinajstić information content (AvgIpc) is 2.55. The molecular weight excluding hydrogens is 340 g/mol. The summed E-state index contributed by atoms with van der Waals surface area (Å²) in [6.45, 7) is 5.78. The topological polar surface area (TPSA) is 123 Å². The van der Waals surface area contributed by atoms with Crippen molar-refractivity contribution in [2.45, 2.75) is 31.6 Å². The van der Waals surface area contributed by atoms with Gasteiger partial charge in [0.05, 0.1) is 11.1 Å². The molecule has 0 radical (unpaired) electrons. The predicted octanol–water partition coefficient (Wildman–Crippen LogP) is 1.63. The van der Waals surface area contributed by atoms with Crippen LogP contribution in [0.25, 0.3) is 0 Å². The number of hydrogen-bond donors (Lipinski definition) is 3. The Bertz CT molecular complexity index is 777. The molecule has 0 aliphatic heterocycles. The number of hydrogen-bond acceptors (Lipinski definition) is 7. The van der Waals surface area contributed by atoms with Gasteiger partial charge >= 0.3 is 0 Å². The number of primary sulfonamides is 1. The molecule has 1 aromatic heterocycles. The Morgan fingerprint density at radius 2 is 1.84 bits per heavy atom. The van der Waals surface area contributed by atoms with E-state index in [2.05, 4.69) is 39.7 Å². The first kappa shape index (κ1) is 19.1. The van der Waals surface area contributed by atoms with Gasteiger partial charge in [0.25, 0.3) is 0 Å². The Kier molecular flexibility index (Phi) is 6.65. The summed E-state index contributed by atoms with van der Waals surface area (Å²) in [5.74, 6) is 1.77. The van der Waals surface area contributed by atoms with Gasteiger partial charge in [-0.15, -0.1) is 5.10 Å². The third-order valence-electron chi connectivity index (χ3n) is 3.54. The smallest absolute Gasteiger partial charge is 0.244 e. The summed E-state index contributed by atoms with van der Waals surface area (Å²) in [6, 6.07) is 6.48. The van der Waals surface area contributed by atoms with E-state index in [1.54, 1.807) is 18.3 Å². The highest BCUT2D eigenvalue weighted by Crippen LogP contribution is 2.10. The summed E-state index contributed by atoms with van der Waals surface area (Å²) >= 11 is 0. The Labute approximate surface area is 148 Å². The van der Waals surface area contributed by atoms with Crippen LogP contribution < -0.4 is 15.8 Å². The van der Waals surface area contributed by atoms with E-state index >= 15 is 0 Å². The molecule has 0 aliphatic carbocycles. The zero-order valence-electron chi connectivity index (χ0n) is 14.4. The second-order valence-corrected chi connectivity index (χ2v) is 7.70. The third kappa shape index (κ3) is 6.63.